The number of hydrogen-bond donors (Lipinski definition) is 0. The predicted molar refractivity (Wildman–Crippen MR) is 103 cm³/mol. The van der Waals surface area contributed by atoms with Crippen molar-refractivity contribution in [1.82, 2.24) is 4.90 Å². The second-order valence-electron chi connectivity index (χ2n) is 7.40. The van der Waals surface area contributed by atoms with Gasteiger partial charge in [-0.15, -0.1) is 0 Å². The Labute approximate surface area is 151 Å². The van der Waals surface area contributed by atoms with E-state index >= 15 is 0 Å². The van der Waals surface area contributed by atoms with Crippen molar-refractivity contribution in [1.29, 1.82) is 0 Å². The van der Waals surface area contributed by atoms with Crippen molar-refractivity contribution in [2.24, 2.45) is 5.92 Å². The highest BCUT2D eigenvalue weighted by Crippen LogP contribution is 2.35. The number of nitrogens with zero attached hydrogens (tertiary/aromatic N) is 1. The number of thiocarbonyl (C=S) groups is 1. The van der Waals surface area contributed by atoms with Crippen LogP contribution in [-0.2, 0) is 11.2 Å². The van der Waals surface area contributed by atoms with Crippen LogP contribution < -0.4 is 0 Å². The number of piperidine rings is 1. The molecule has 1 aromatic carbocycles. The minimum Gasteiger partial charge on any atom is -0.339 e. The lowest BCUT2D eigenvalue weighted by Crippen LogP contribution is -2.49. The first-order valence-corrected chi connectivity index (χ1v) is 10.00. The standard InChI is InChI=1S/C21H29NOS/c23-21(22-15-7-11-18-10-4-5-13-20(18)22)14-6-12-19(24)16-17-8-2-1-3-9-17/h1-3,8-9,18,20H,4-7,10-16H2. The second kappa shape index (κ2) is 8.75. The average Bonchev–Trinajstić information content (AvgIpc) is 2.62. The molecule has 130 valence electrons. The van der Waals surface area contributed by atoms with E-state index in [0.29, 0.717) is 18.4 Å². The highest BCUT2D eigenvalue weighted by molar-refractivity contribution is 7.80. The lowest BCUT2D eigenvalue weighted by molar-refractivity contribution is -0.137. The van der Waals surface area contributed by atoms with Gasteiger partial charge in [-0.05, 0) is 54.9 Å². The Morgan fingerprint density at radius 2 is 1.79 bits per heavy atom. The van der Waals surface area contributed by atoms with E-state index in [2.05, 4.69) is 29.2 Å². The van der Waals surface area contributed by atoms with Gasteiger partial charge in [0.05, 0.1) is 0 Å². The Morgan fingerprint density at radius 1 is 1.04 bits per heavy atom. The molecule has 1 aliphatic carbocycles. The molecule has 1 saturated heterocycles. The van der Waals surface area contributed by atoms with E-state index < -0.39 is 0 Å². The monoisotopic (exact) mass is 343 g/mol. The number of benzene rings is 1. The van der Waals surface area contributed by atoms with Gasteiger partial charge in [0.15, 0.2) is 0 Å². The molecule has 1 saturated carbocycles. The van der Waals surface area contributed by atoms with E-state index in [4.69, 9.17) is 12.2 Å². The Morgan fingerprint density at radius 3 is 2.62 bits per heavy atom. The highest BCUT2D eigenvalue weighted by atomic mass is 32.1. The molecule has 1 aliphatic heterocycles. The summed E-state index contributed by atoms with van der Waals surface area (Å²) in [4.78, 5) is 16.0. The molecule has 3 rings (SSSR count). The van der Waals surface area contributed by atoms with Crippen molar-refractivity contribution in [3.63, 3.8) is 0 Å². The summed E-state index contributed by atoms with van der Waals surface area (Å²) in [5.41, 5.74) is 1.27. The van der Waals surface area contributed by atoms with E-state index in [0.717, 1.165) is 36.6 Å². The number of amides is 1. The van der Waals surface area contributed by atoms with Crippen LogP contribution in [0.25, 0.3) is 0 Å². The molecule has 0 radical (unpaired) electrons. The van der Waals surface area contributed by atoms with Crippen molar-refractivity contribution in [3.05, 3.63) is 35.9 Å². The van der Waals surface area contributed by atoms with Gasteiger partial charge in [0.2, 0.25) is 5.91 Å². The highest BCUT2D eigenvalue weighted by Gasteiger charge is 2.35. The molecular weight excluding hydrogens is 314 g/mol. The van der Waals surface area contributed by atoms with Crippen molar-refractivity contribution in [2.75, 3.05) is 6.54 Å². The smallest absolute Gasteiger partial charge is 0.222 e. The molecule has 1 aromatic rings. The van der Waals surface area contributed by atoms with Crippen molar-refractivity contribution in [3.8, 4) is 0 Å². The minimum atomic E-state index is 0.370. The zero-order valence-corrected chi connectivity index (χ0v) is 15.4. The number of carbonyl (C=O) groups is 1. The lowest BCUT2D eigenvalue weighted by atomic mass is 9.78. The number of likely N-dealkylation sites (tertiary alicyclic amines) is 1. The van der Waals surface area contributed by atoms with Gasteiger partial charge in [0.25, 0.3) is 0 Å². The quantitative estimate of drug-likeness (QED) is 0.681. The van der Waals surface area contributed by atoms with Crippen molar-refractivity contribution >= 4 is 23.0 Å². The van der Waals surface area contributed by atoms with Gasteiger partial charge < -0.3 is 4.90 Å². The molecule has 2 nitrogen and oxygen atoms in total. The topological polar surface area (TPSA) is 20.3 Å². The Balaban J connectivity index is 1.42. The van der Waals surface area contributed by atoms with Gasteiger partial charge in [-0.3, -0.25) is 4.79 Å². The molecule has 2 atom stereocenters. The van der Waals surface area contributed by atoms with E-state index in [-0.39, 0.29) is 0 Å². The van der Waals surface area contributed by atoms with Crippen LogP contribution in [0, 0.1) is 5.92 Å². The summed E-state index contributed by atoms with van der Waals surface area (Å²) >= 11 is 5.51. The zero-order chi connectivity index (χ0) is 16.8. The number of rotatable bonds is 6. The normalized spacial score (nSPS) is 23.6. The fraction of sp³-hybridized carbons (Fsp3) is 0.619. The number of fused-ring (bicyclic) bond motifs is 1. The first-order chi connectivity index (χ1) is 11.7. The third-order valence-electron chi connectivity index (χ3n) is 5.65. The maximum atomic E-state index is 12.7. The first-order valence-electron chi connectivity index (χ1n) is 9.59. The van der Waals surface area contributed by atoms with Crippen LogP contribution in [0.15, 0.2) is 30.3 Å². The van der Waals surface area contributed by atoms with E-state index in [1.165, 1.54) is 44.1 Å². The molecule has 1 heterocycles. The summed E-state index contributed by atoms with van der Waals surface area (Å²) in [7, 11) is 0. The van der Waals surface area contributed by atoms with E-state index in [1.54, 1.807) is 0 Å². The SMILES string of the molecule is O=C(CCCC(=S)Cc1ccccc1)N1CCCC2CCCCC21. The Hall–Kier alpha value is -1.22. The molecule has 24 heavy (non-hydrogen) atoms. The lowest BCUT2D eigenvalue weighted by Gasteiger charge is -2.44. The predicted octanol–water partition coefficient (Wildman–Crippen LogP) is 4.95. The molecule has 0 bridgehead atoms. The molecule has 3 heteroatoms. The van der Waals surface area contributed by atoms with E-state index in [1.807, 2.05) is 6.07 Å². The second-order valence-corrected chi connectivity index (χ2v) is 7.97. The molecule has 2 aliphatic rings. The molecule has 0 aromatic heterocycles. The van der Waals surface area contributed by atoms with Gasteiger partial charge in [-0.25, -0.2) is 0 Å². The number of hydrogen-bond acceptors (Lipinski definition) is 2. The van der Waals surface area contributed by atoms with Crippen molar-refractivity contribution < 1.29 is 4.79 Å². The van der Waals surface area contributed by atoms with Gasteiger partial charge >= 0.3 is 0 Å². The van der Waals surface area contributed by atoms with Crippen LogP contribution in [0.1, 0.15) is 63.4 Å². The molecule has 2 fully saturated rings. The van der Waals surface area contributed by atoms with Gasteiger partial charge in [-0.1, -0.05) is 55.4 Å². The third kappa shape index (κ3) is 4.66. The Bertz CT molecular complexity index is 554. The Kier molecular flexibility index (Phi) is 6.42. The summed E-state index contributed by atoms with van der Waals surface area (Å²) in [6, 6.07) is 10.9. The van der Waals surface area contributed by atoms with Crippen LogP contribution in [0.2, 0.25) is 0 Å². The molecule has 1 amide bonds. The summed E-state index contributed by atoms with van der Waals surface area (Å²) in [6.45, 7) is 0.981. The van der Waals surface area contributed by atoms with Crippen LogP contribution in [-0.4, -0.2) is 28.3 Å². The first kappa shape index (κ1) is 17.6. The minimum absolute atomic E-state index is 0.370. The fourth-order valence-corrected chi connectivity index (χ4v) is 4.74. The zero-order valence-electron chi connectivity index (χ0n) is 14.6. The maximum Gasteiger partial charge on any atom is 0.222 e. The van der Waals surface area contributed by atoms with Crippen LogP contribution >= 0.6 is 12.2 Å². The fourth-order valence-electron chi connectivity index (χ4n) is 4.43. The molecule has 0 N–H and O–H groups in total. The largest absolute Gasteiger partial charge is 0.339 e. The molecule has 0 spiro atoms. The van der Waals surface area contributed by atoms with Crippen LogP contribution in [0.3, 0.4) is 0 Å². The summed E-state index contributed by atoms with van der Waals surface area (Å²) in [5, 5.41) is 0. The van der Waals surface area contributed by atoms with Gasteiger partial charge in [-0.2, -0.15) is 0 Å². The van der Waals surface area contributed by atoms with Gasteiger partial charge in [0, 0.05) is 25.4 Å². The molecular formula is C21H29NOS. The molecule has 2 unspecified atom stereocenters. The summed E-state index contributed by atoms with van der Waals surface area (Å²) in [5.74, 6) is 1.14. The average molecular weight is 344 g/mol. The summed E-state index contributed by atoms with van der Waals surface area (Å²) < 4.78 is 0. The van der Waals surface area contributed by atoms with Crippen LogP contribution in [0.5, 0.6) is 0 Å². The van der Waals surface area contributed by atoms with Crippen molar-refractivity contribution in [2.45, 2.75) is 70.3 Å². The van der Waals surface area contributed by atoms with Crippen LogP contribution in [0.4, 0.5) is 0 Å². The third-order valence-corrected chi connectivity index (χ3v) is 6.00. The van der Waals surface area contributed by atoms with E-state index in [9.17, 15) is 4.79 Å². The number of carbonyl (C=O) groups excluding carboxylic acids is 1. The van der Waals surface area contributed by atoms with Gasteiger partial charge in [0.1, 0.15) is 0 Å². The maximum absolute atomic E-state index is 12.7. The summed E-state index contributed by atoms with van der Waals surface area (Å²) in [6.07, 6.45) is 11.0.